The fraction of sp³-hybridized carbons (Fsp3) is 0.267. The number of hydrogen-bond donors (Lipinski definition) is 1. The summed E-state index contributed by atoms with van der Waals surface area (Å²) >= 11 is 6.08. The molecule has 2 aromatic rings. The average molecular weight is 279 g/mol. The molecule has 2 rings (SSSR count). The van der Waals surface area contributed by atoms with Crippen LogP contribution in [0.2, 0.25) is 5.02 Å². The van der Waals surface area contributed by atoms with Crippen molar-refractivity contribution >= 4 is 11.6 Å². The van der Waals surface area contributed by atoms with Crippen LogP contribution in [0.3, 0.4) is 0 Å². The highest BCUT2D eigenvalue weighted by molar-refractivity contribution is 6.31. The quantitative estimate of drug-likeness (QED) is 0.932. The van der Waals surface area contributed by atoms with Crippen LogP contribution in [0.4, 0.5) is 4.39 Å². The van der Waals surface area contributed by atoms with E-state index in [-0.39, 0.29) is 5.82 Å². The molecule has 0 aliphatic heterocycles. The van der Waals surface area contributed by atoms with Gasteiger partial charge in [0.05, 0.1) is 5.02 Å². The molecule has 1 unspecified atom stereocenters. The van der Waals surface area contributed by atoms with Gasteiger partial charge in [-0.1, -0.05) is 23.7 Å². The Morgan fingerprint density at radius 1 is 1.37 bits per heavy atom. The molecule has 2 nitrogen and oxygen atoms in total. The maximum absolute atomic E-state index is 13.6. The van der Waals surface area contributed by atoms with E-state index in [1.54, 1.807) is 25.4 Å². The second-order valence-corrected chi connectivity index (χ2v) is 5.43. The molecule has 0 bridgehead atoms. The van der Waals surface area contributed by atoms with Gasteiger partial charge in [0, 0.05) is 17.9 Å². The van der Waals surface area contributed by atoms with Crippen LogP contribution < -0.4 is 5.73 Å². The number of rotatable bonds is 3. The van der Waals surface area contributed by atoms with Crippen LogP contribution in [0, 0.1) is 12.7 Å². The maximum Gasteiger partial charge on any atom is 0.126 e. The Bertz CT molecular complexity index is 596. The van der Waals surface area contributed by atoms with Crippen molar-refractivity contribution in [1.29, 1.82) is 0 Å². The van der Waals surface area contributed by atoms with E-state index < -0.39 is 5.54 Å². The van der Waals surface area contributed by atoms with Gasteiger partial charge in [-0.15, -0.1) is 0 Å². The highest BCUT2D eigenvalue weighted by atomic mass is 35.5. The molecular formula is C15H16ClFN2. The fourth-order valence-corrected chi connectivity index (χ4v) is 2.18. The van der Waals surface area contributed by atoms with E-state index >= 15 is 0 Å². The zero-order valence-electron chi connectivity index (χ0n) is 11.0. The predicted molar refractivity (Wildman–Crippen MR) is 75.6 cm³/mol. The maximum atomic E-state index is 13.6. The summed E-state index contributed by atoms with van der Waals surface area (Å²) in [6, 6.07) is 6.92. The van der Waals surface area contributed by atoms with Crippen LogP contribution in [0.5, 0.6) is 0 Å². The van der Waals surface area contributed by atoms with Crippen LogP contribution >= 0.6 is 11.6 Å². The monoisotopic (exact) mass is 278 g/mol. The van der Waals surface area contributed by atoms with Crippen molar-refractivity contribution in [2.75, 3.05) is 0 Å². The predicted octanol–water partition coefficient (Wildman–Crippen LogP) is 3.60. The topological polar surface area (TPSA) is 38.9 Å². The Balaban J connectivity index is 2.32. The number of hydrogen-bond acceptors (Lipinski definition) is 2. The van der Waals surface area contributed by atoms with Crippen LogP contribution in [-0.4, -0.2) is 4.98 Å². The van der Waals surface area contributed by atoms with E-state index in [9.17, 15) is 4.39 Å². The van der Waals surface area contributed by atoms with E-state index in [4.69, 9.17) is 17.3 Å². The largest absolute Gasteiger partial charge is 0.321 e. The van der Waals surface area contributed by atoms with Gasteiger partial charge >= 0.3 is 0 Å². The van der Waals surface area contributed by atoms with Gasteiger partial charge < -0.3 is 5.73 Å². The first-order chi connectivity index (χ1) is 8.90. The fourth-order valence-electron chi connectivity index (χ4n) is 1.99. The summed E-state index contributed by atoms with van der Waals surface area (Å²) in [6.07, 6.45) is 3.78. The molecule has 2 N–H and O–H groups in total. The SMILES string of the molecule is Cc1ccc(C(C)(N)Cc2ccncc2Cl)cc1F. The highest BCUT2D eigenvalue weighted by Crippen LogP contribution is 2.27. The third-order valence-electron chi connectivity index (χ3n) is 3.25. The van der Waals surface area contributed by atoms with Gasteiger partial charge in [-0.2, -0.15) is 0 Å². The van der Waals surface area contributed by atoms with Gasteiger partial charge in [0.25, 0.3) is 0 Å². The summed E-state index contributed by atoms with van der Waals surface area (Å²) in [5.74, 6) is -0.241. The molecule has 0 aliphatic carbocycles. The number of aromatic nitrogens is 1. The zero-order chi connectivity index (χ0) is 14.0. The second-order valence-electron chi connectivity index (χ2n) is 5.03. The number of nitrogens with two attached hydrogens (primary N) is 1. The summed E-state index contributed by atoms with van der Waals surface area (Å²) in [6.45, 7) is 3.60. The second kappa shape index (κ2) is 5.27. The number of pyridine rings is 1. The molecule has 1 aromatic heterocycles. The van der Waals surface area contributed by atoms with E-state index in [2.05, 4.69) is 4.98 Å². The molecule has 0 saturated carbocycles. The third kappa shape index (κ3) is 3.11. The lowest BCUT2D eigenvalue weighted by Crippen LogP contribution is -2.35. The molecule has 0 spiro atoms. The van der Waals surface area contributed by atoms with Crippen LogP contribution in [0.15, 0.2) is 36.7 Å². The summed E-state index contributed by atoms with van der Waals surface area (Å²) < 4.78 is 13.6. The van der Waals surface area contributed by atoms with E-state index in [0.717, 1.165) is 11.1 Å². The van der Waals surface area contributed by atoms with E-state index in [0.29, 0.717) is 17.0 Å². The lowest BCUT2D eigenvalue weighted by molar-refractivity contribution is 0.485. The van der Waals surface area contributed by atoms with Crippen molar-refractivity contribution < 1.29 is 4.39 Å². The van der Waals surface area contributed by atoms with Crippen molar-refractivity contribution in [3.8, 4) is 0 Å². The first kappa shape index (κ1) is 14.0. The molecule has 19 heavy (non-hydrogen) atoms. The Morgan fingerprint density at radius 3 is 2.74 bits per heavy atom. The minimum Gasteiger partial charge on any atom is -0.321 e. The number of halogens is 2. The summed E-state index contributed by atoms with van der Waals surface area (Å²) in [4.78, 5) is 3.94. The first-order valence-electron chi connectivity index (χ1n) is 6.04. The molecule has 4 heteroatoms. The summed E-state index contributed by atoms with van der Waals surface area (Å²) in [7, 11) is 0. The highest BCUT2D eigenvalue weighted by Gasteiger charge is 2.23. The van der Waals surface area contributed by atoms with Crippen molar-refractivity contribution in [2.45, 2.75) is 25.8 Å². The molecular weight excluding hydrogens is 263 g/mol. The molecule has 1 aromatic carbocycles. The van der Waals surface area contributed by atoms with Crippen LogP contribution in [0.1, 0.15) is 23.6 Å². The number of nitrogens with zero attached hydrogens (tertiary/aromatic N) is 1. The number of aryl methyl sites for hydroxylation is 1. The standard InChI is InChI=1S/C15H16ClFN2/c1-10-3-4-12(7-14(10)17)15(2,18)8-11-5-6-19-9-13(11)16/h3-7,9H,8,18H2,1-2H3. The van der Waals surface area contributed by atoms with Crippen molar-refractivity contribution in [1.82, 2.24) is 4.98 Å². The summed E-state index contributed by atoms with van der Waals surface area (Å²) in [5.41, 5.74) is 7.90. The van der Waals surface area contributed by atoms with Gasteiger partial charge in [-0.3, -0.25) is 4.98 Å². The molecule has 100 valence electrons. The van der Waals surface area contributed by atoms with Gasteiger partial charge in [-0.05, 0) is 49.1 Å². The molecule has 0 fully saturated rings. The van der Waals surface area contributed by atoms with Gasteiger partial charge in [0.1, 0.15) is 5.82 Å². The Hall–Kier alpha value is -1.45. The smallest absolute Gasteiger partial charge is 0.126 e. The van der Waals surface area contributed by atoms with Gasteiger partial charge in [-0.25, -0.2) is 4.39 Å². The molecule has 0 radical (unpaired) electrons. The molecule has 0 amide bonds. The van der Waals surface area contributed by atoms with Crippen LogP contribution in [-0.2, 0) is 12.0 Å². The Morgan fingerprint density at radius 2 is 2.11 bits per heavy atom. The average Bonchev–Trinajstić information content (AvgIpc) is 2.35. The minimum atomic E-state index is -0.681. The van der Waals surface area contributed by atoms with Crippen molar-refractivity contribution in [2.24, 2.45) is 5.73 Å². The normalized spacial score (nSPS) is 14.2. The minimum absolute atomic E-state index is 0.241. The van der Waals surface area contributed by atoms with Gasteiger partial charge in [0.2, 0.25) is 0 Å². The number of benzene rings is 1. The lowest BCUT2D eigenvalue weighted by Gasteiger charge is -2.26. The first-order valence-corrected chi connectivity index (χ1v) is 6.42. The molecule has 1 heterocycles. The van der Waals surface area contributed by atoms with E-state index in [1.807, 2.05) is 19.1 Å². The van der Waals surface area contributed by atoms with Crippen molar-refractivity contribution in [3.63, 3.8) is 0 Å². The van der Waals surface area contributed by atoms with E-state index in [1.165, 1.54) is 6.07 Å². The molecule has 1 atom stereocenters. The third-order valence-corrected chi connectivity index (χ3v) is 3.59. The van der Waals surface area contributed by atoms with Crippen molar-refractivity contribution in [3.05, 3.63) is 64.2 Å². The molecule has 0 saturated heterocycles. The Kier molecular flexibility index (Phi) is 3.88. The van der Waals surface area contributed by atoms with Crippen LogP contribution in [0.25, 0.3) is 0 Å². The summed E-state index contributed by atoms with van der Waals surface area (Å²) in [5, 5.41) is 0.576. The lowest BCUT2D eigenvalue weighted by atomic mass is 9.86. The van der Waals surface area contributed by atoms with Gasteiger partial charge in [0.15, 0.2) is 0 Å². The zero-order valence-corrected chi connectivity index (χ0v) is 11.7. The molecule has 0 aliphatic rings. The Labute approximate surface area is 117 Å².